The van der Waals surface area contributed by atoms with Crippen LogP contribution in [0.15, 0.2) is 24.3 Å². The van der Waals surface area contributed by atoms with E-state index in [9.17, 15) is 9.59 Å². The van der Waals surface area contributed by atoms with E-state index in [0.717, 1.165) is 61.2 Å². The smallest absolute Gasteiger partial charge is 0.133 e. The van der Waals surface area contributed by atoms with E-state index in [1.807, 2.05) is 0 Å². The lowest BCUT2D eigenvalue weighted by atomic mass is 9.45. The van der Waals surface area contributed by atoms with Gasteiger partial charge in [0.15, 0.2) is 0 Å². The monoisotopic (exact) mass is 544 g/mol. The average molecular weight is 545 g/mol. The molecule has 220 valence electrons. The number of hydrogen-bond acceptors (Lipinski definition) is 2. The fraction of sp³-hybridized carbons (Fsp3) is 0.842. The van der Waals surface area contributed by atoms with Gasteiger partial charge in [-0.15, -0.1) is 0 Å². The van der Waals surface area contributed by atoms with Crippen molar-refractivity contribution in [1.29, 1.82) is 0 Å². The number of ketones is 2. The van der Waals surface area contributed by atoms with Crippen LogP contribution in [0.2, 0.25) is 0 Å². The van der Waals surface area contributed by atoms with Gasteiger partial charge in [0.2, 0.25) is 0 Å². The number of hydrogen-bond donors (Lipinski definition) is 0. The van der Waals surface area contributed by atoms with Crippen LogP contribution in [0.4, 0.5) is 0 Å². The summed E-state index contributed by atoms with van der Waals surface area (Å²) in [6.07, 6.45) is 29.4. The molecule has 0 aliphatic heterocycles. The lowest BCUT2D eigenvalue weighted by Crippen LogP contribution is -2.52. The molecule has 2 nitrogen and oxygen atoms in total. The average Bonchev–Trinajstić information content (AvgIpc) is 3.52. The Kier molecular flexibility index (Phi) is 6.68. The molecule has 1 unspecified atom stereocenters. The van der Waals surface area contributed by atoms with Crippen LogP contribution in [0.1, 0.15) is 130 Å². The van der Waals surface area contributed by atoms with Crippen LogP contribution in [0.3, 0.4) is 0 Å². The minimum absolute atomic E-state index is 0.473. The van der Waals surface area contributed by atoms with Crippen molar-refractivity contribution in [2.24, 2.45) is 69.0 Å². The summed E-state index contributed by atoms with van der Waals surface area (Å²) < 4.78 is 0. The lowest BCUT2D eigenvalue weighted by molar-refractivity contribution is -0.137. The predicted molar refractivity (Wildman–Crippen MR) is 163 cm³/mol. The van der Waals surface area contributed by atoms with Crippen molar-refractivity contribution in [3.05, 3.63) is 24.3 Å². The van der Waals surface area contributed by atoms with Crippen molar-refractivity contribution < 1.29 is 9.59 Å². The van der Waals surface area contributed by atoms with E-state index >= 15 is 0 Å². The summed E-state index contributed by atoms with van der Waals surface area (Å²) >= 11 is 0. The van der Waals surface area contributed by atoms with E-state index in [0.29, 0.717) is 45.1 Å². The minimum Gasteiger partial charge on any atom is -0.300 e. The third-order valence-corrected chi connectivity index (χ3v) is 15.6. The number of Topliss-reactive ketones (excluding diaryl/α,β-unsaturated/α-hetero) is 2. The maximum Gasteiger partial charge on any atom is 0.133 e. The third-order valence-electron chi connectivity index (χ3n) is 15.6. The Morgan fingerprint density at radius 1 is 0.550 bits per heavy atom. The van der Waals surface area contributed by atoms with Crippen LogP contribution in [0.5, 0.6) is 0 Å². The second-order valence-corrected chi connectivity index (χ2v) is 17.2. The second-order valence-electron chi connectivity index (χ2n) is 17.2. The number of fused-ring (bicyclic) bond motifs is 10. The zero-order valence-corrected chi connectivity index (χ0v) is 26.1. The van der Waals surface area contributed by atoms with Gasteiger partial charge in [-0.1, -0.05) is 52.0 Å². The SMILES string of the molecule is C[C@@]12C=CC[C@H]1[C@@H]1CCC3CC(=O)CC[C@]3(C)[C@H]1CC2.C[C@]12CCC(=O)C[C@@H]1CC[C@@H]1[C@@H]2CC[C@]2(C)C=CC[C@@H]12. The standard InChI is InChI=1S/2C19H28O/c2*1-18-9-3-4-16(18)15-6-5-13-12-14(20)7-11-19(13,2)17(15)8-10-18/h2*3,9,13,15-17H,4-8,10-12H2,1-2H3/t13?,15-,16-,17-,18-,19-;13-,15-,16-,17-,18-,19-/m00/s1. The molecular weight excluding hydrogens is 488 g/mol. The minimum atomic E-state index is 0.473. The molecule has 0 saturated heterocycles. The summed E-state index contributed by atoms with van der Waals surface area (Å²) in [6.45, 7) is 10.1. The second kappa shape index (κ2) is 9.67. The van der Waals surface area contributed by atoms with Gasteiger partial charge in [0.1, 0.15) is 11.6 Å². The van der Waals surface area contributed by atoms with Crippen LogP contribution in [0, 0.1) is 69.0 Å². The molecule has 8 aliphatic carbocycles. The number of allylic oxidation sites excluding steroid dienone is 4. The van der Waals surface area contributed by atoms with E-state index < -0.39 is 0 Å². The first-order valence-corrected chi connectivity index (χ1v) is 17.4. The summed E-state index contributed by atoms with van der Waals surface area (Å²) in [5.41, 5.74) is 1.94. The van der Waals surface area contributed by atoms with Gasteiger partial charge in [-0.05, 0) is 146 Å². The fourth-order valence-corrected chi connectivity index (χ4v) is 13.1. The third kappa shape index (κ3) is 4.14. The maximum atomic E-state index is 11.8. The highest BCUT2D eigenvalue weighted by atomic mass is 16.1. The Bertz CT molecular complexity index is 1010. The molecule has 0 N–H and O–H groups in total. The first kappa shape index (κ1) is 27.6. The van der Waals surface area contributed by atoms with Crippen LogP contribution >= 0.6 is 0 Å². The molecule has 0 heterocycles. The highest BCUT2D eigenvalue weighted by molar-refractivity contribution is 5.80. The zero-order valence-electron chi connectivity index (χ0n) is 26.1. The summed E-state index contributed by atoms with van der Waals surface area (Å²) in [6, 6.07) is 0. The largest absolute Gasteiger partial charge is 0.300 e. The first-order valence-electron chi connectivity index (χ1n) is 17.4. The van der Waals surface area contributed by atoms with Crippen LogP contribution < -0.4 is 0 Å². The summed E-state index contributed by atoms with van der Waals surface area (Å²) in [4.78, 5) is 23.7. The Balaban J connectivity index is 0.000000132. The lowest BCUT2D eigenvalue weighted by Gasteiger charge is -2.59. The summed E-state index contributed by atoms with van der Waals surface area (Å²) in [5.74, 6) is 7.92. The predicted octanol–water partition coefficient (Wildman–Crippen LogP) is 9.53. The summed E-state index contributed by atoms with van der Waals surface area (Å²) in [7, 11) is 0. The van der Waals surface area contributed by atoms with Gasteiger partial charge in [0, 0.05) is 25.7 Å². The van der Waals surface area contributed by atoms with Gasteiger partial charge in [0.25, 0.3) is 0 Å². The molecule has 12 atom stereocenters. The normalized spacial score (nSPS) is 54.2. The molecule has 0 aromatic carbocycles. The van der Waals surface area contributed by atoms with Crippen molar-refractivity contribution in [2.45, 2.75) is 130 Å². The Morgan fingerprint density at radius 2 is 0.975 bits per heavy atom. The van der Waals surface area contributed by atoms with E-state index in [4.69, 9.17) is 0 Å². The molecule has 0 radical (unpaired) electrons. The molecule has 40 heavy (non-hydrogen) atoms. The van der Waals surface area contributed by atoms with Gasteiger partial charge >= 0.3 is 0 Å². The molecule has 6 fully saturated rings. The zero-order chi connectivity index (χ0) is 27.9. The summed E-state index contributed by atoms with van der Waals surface area (Å²) in [5, 5.41) is 0. The van der Waals surface area contributed by atoms with E-state index in [2.05, 4.69) is 52.0 Å². The van der Waals surface area contributed by atoms with Crippen LogP contribution in [-0.2, 0) is 9.59 Å². The van der Waals surface area contributed by atoms with E-state index in [-0.39, 0.29) is 0 Å². The molecule has 0 aromatic rings. The van der Waals surface area contributed by atoms with Gasteiger partial charge in [-0.3, -0.25) is 9.59 Å². The van der Waals surface area contributed by atoms with E-state index in [1.165, 1.54) is 77.0 Å². The molecular formula is C38H56O2. The van der Waals surface area contributed by atoms with Crippen LogP contribution in [-0.4, -0.2) is 11.6 Å². The number of carbonyl (C=O) groups is 2. The Hall–Kier alpha value is -1.18. The topological polar surface area (TPSA) is 34.1 Å². The molecule has 0 spiro atoms. The highest BCUT2D eigenvalue weighted by Crippen LogP contribution is 2.66. The Morgan fingerprint density at radius 3 is 1.40 bits per heavy atom. The van der Waals surface area contributed by atoms with Gasteiger partial charge in [-0.2, -0.15) is 0 Å². The van der Waals surface area contributed by atoms with Crippen molar-refractivity contribution >= 4 is 11.6 Å². The molecule has 0 aromatic heterocycles. The van der Waals surface area contributed by atoms with Crippen molar-refractivity contribution in [2.75, 3.05) is 0 Å². The molecule has 8 rings (SSSR count). The quantitative estimate of drug-likeness (QED) is 0.285. The van der Waals surface area contributed by atoms with E-state index in [1.54, 1.807) is 0 Å². The highest BCUT2D eigenvalue weighted by Gasteiger charge is 2.58. The Labute approximate surface area is 244 Å². The molecule has 6 saturated carbocycles. The van der Waals surface area contributed by atoms with Crippen molar-refractivity contribution in [3.63, 3.8) is 0 Å². The molecule has 2 heteroatoms. The van der Waals surface area contributed by atoms with Gasteiger partial charge in [-0.25, -0.2) is 0 Å². The maximum absolute atomic E-state index is 11.8. The number of carbonyl (C=O) groups excluding carboxylic acids is 2. The van der Waals surface area contributed by atoms with Crippen molar-refractivity contribution in [3.8, 4) is 0 Å². The first-order chi connectivity index (χ1) is 19.1. The van der Waals surface area contributed by atoms with Gasteiger partial charge < -0.3 is 0 Å². The van der Waals surface area contributed by atoms with Crippen LogP contribution in [0.25, 0.3) is 0 Å². The van der Waals surface area contributed by atoms with Gasteiger partial charge in [0.05, 0.1) is 0 Å². The van der Waals surface area contributed by atoms with Crippen molar-refractivity contribution in [1.82, 2.24) is 0 Å². The molecule has 8 aliphatic rings. The molecule has 0 amide bonds. The molecule has 0 bridgehead atoms. The fourth-order valence-electron chi connectivity index (χ4n) is 13.1. The number of rotatable bonds is 0.